The Bertz CT molecular complexity index is 423. The molecule has 5 nitrogen and oxygen atoms in total. The van der Waals surface area contributed by atoms with Gasteiger partial charge in [0.25, 0.3) is 5.69 Å². The van der Waals surface area contributed by atoms with Gasteiger partial charge in [-0.25, -0.2) is 0 Å². The molecule has 1 aliphatic heterocycles. The van der Waals surface area contributed by atoms with Crippen LogP contribution in [0.3, 0.4) is 0 Å². The van der Waals surface area contributed by atoms with Gasteiger partial charge in [-0.15, -0.1) is 0 Å². The minimum absolute atomic E-state index is 0.0991. The van der Waals surface area contributed by atoms with Crippen molar-refractivity contribution in [2.75, 3.05) is 13.1 Å². The number of nitro groups is 1. The molecular weight excluding hydrogens is 244 g/mol. The number of nitro benzene ring substituents is 1. The molecule has 104 valence electrons. The van der Waals surface area contributed by atoms with Gasteiger partial charge < -0.3 is 9.64 Å². The van der Waals surface area contributed by atoms with Crippen molar-refractivity contribution < 1.29 is 9.66 Å². The fourth-order valence-corrected chi connectivity index (χ4v) is 2.35. The van der Waals surface area contributed by atoms with Crippen molar-refractivity contribution in [2.45, 2.75) is 38.8 Å². The fourth-order valence-electron chi connectivity index (χ4n) is 2.35. The standard InChI is InChI=1S/C14H20N2O3/c1-11(2)15-9-7-14(8-10-15)19-13-5-3-12(4-6-13)16(17)18/h3-6,11,14H,7-10H2,1-2H3. The first-order chi connectivity index (χ1) is 9.06. The minimum Gasteiger partial charge on any atom is -0.490 e. The van der Waals surface area contributed by atoms with E-state index in [1.54, 1.807) is 12.1 Å². The summed E-state index contributed by atoms with van der Waals surface area (Å²) in [6.07, 6.45) is 2.24. The summed E-state index contributed by atoms with van der Waals surface area (Å²) in [4.78, 5) is 12.6. The molecule has 2 rings (SSSR count). The Balaban J connectivity index is 1.87. The van der Waals surface area contributed by atoms with E-state index in [9.17, 15) is 10.1 Å². The van der Waals surface area contributed by atoms with Crippen LogP contribution in [0.15, 0.2) is 24.3 Å². The molecule has 0 bridgehead atoms. The third kappa shape index (κ3) is 3.67. The van der Waals surface area contributed by atoms with Gasteiger partial charge in [0.1, 0.15) is 11.9 Å². The highest BCUT2D eigenvalue weighted by molar-refractivity contribution is 5.36. The van der Waals surface area contributed by atoms with Gasteiger partial charge in [-0.3, -0.25) is 10.1 Å². The summed E-state index contributed by atoms with van der Waals surface area (Å²) < 4.78 is 5.87. The molecule has 5 heteroatoms. The molecule has 1 aromatic carbocycles. The predicted octanol–water partition coefficient (Wildman–Crippen LogP) is 2.85. The molecule has 0 aliphatic carbocycles. The van der Waals surface area contributed by atoms with Crippen LogP contribution in [0.5, 0.6) is 5.75 Å². The number of non-ortho nitro benzene ring substituents is 1. The molecule has 1 aromatic rings. The van der Waals surface area contributed by atoms with Crippen LogP contribution in [0.2, 0.25) is 0 Å². The maximum Gasteiger partial charge on any atom is 0.269 e. The van der Waals surface area contributed by atoms with Crippen molar-refractivity contribution in [1.82, 2.24) is 4.90 Å². The van der Waals surface area contributed by atoms with Crippen LogP contribution in [0, 0.1) is 10.1 Å². The lowest BCUT2D eigenvalue weighted by Gasteiger charge is -2.34. The van der Waals surface area contributed by atoms with Gasteiger partial charge in [0.2, 0.25) is 0 Å². The summed E-state index contributed by atoms with van der Waals surface area (Å²) in [6.45, 7) is 6.51. The van der Waals surface area contributed by atoms with E-state index in [1.165, 1.54) is 12.1 Å². The van der Waals surface area contributed by atoms with Crippen LogP contribution in [0.25, 0.3) is 0 Å². The number of nitrogens with zero attached hydrogens (tertiary/aromatic N) is 2. The molecule has 0 atom stereocenters. The largest absolute Gasteiger partial charge is 0.490 e. The second-order valence-electron chi connectivity index (χ2n) is 5.20. The highest BCUT2D eigenvalue weighted by Gasteiger charge is 2.22. The summed E-state index contributed by atoms with van der Waals surface area (Å²) in [5.74, 6) is 0.716. The lowest BCUT2D eigenvalue weighted by molar-refractivity contribution is -0.384. The van der Waals surface area contributed by atoms with Crippen molar-refractivity contribution >= 4 is 5.69 Å². The molecule has 0 radical (unpaired) electrons. The van der Waals surface area contributed by atoms with Gasteiger partial charge in [-0.1, -0.05) is 0 Å². The predicted molar refractivity (Wildman–Crippen MR) is 73.5 cm³/mol. The molecule has 0 N–H and O–H groups in total. The minimum atomic E-state index is -0.398. The zero-order chi connectivity index (χ0) is 13.8. The molecule has 0 unspecified atom stereocenters. The van der Waals surface area contributed by atoms with Gasteiger partial charge in [0, 0.05) is 31.3 Å². The quantitative estimate of drug-likeness (QED) is 0.620. The number of likely N-dealkylation sites (tertiary alicyclic amines) is 1. The Kier molecular flexibility index (Phi) is 4.37. The molecule has 1 fully saturated rings. The maximum atomic E-state index is 10.6. The van der Waals surface area contributed by atoms with E-state index in [2.05, 4.69) is 18.7 Å². The van der Waals surface area contributed by atoms with E-state index in [-0.39, 0.29) is 11.8 Å². The average molecular weight is 264 g/mol. The first-order valence-electron chi connectivity index (χ1n) is 6.71. The Morgan fingerprint density at radius 2 is 1.84 bits per heavy atom. The number of piperidine rings is 1. The smallest absolute Gasteiger partial charge is 0.269 e. The van der Waals surface area contributed by atoms with Crippen LogP contribution in [0.1, 0.15) is 26.7 Å². The Labute approximate surface area is 113 Å². The molecule has 0 saturated carbocycles. The van der Waals surface area contributed by atoms with E-state index in [1.807, 2.05) is 0 Å². The van der Waals surface area contributed by atoms with Gasteiger partial charge in [0.15, 0.2) is 0 Å². The average Bonchev–Trinajstić information content (AvgIpc) is 2.40. The number of ether oxygens (including phenoxy) is 1. The lowest BCUT2D eigenvalue weighted by atomic mass is 10.1. The molecule has 0 spiro atoms. The maximum absolute atomic E-state index is 10.6. The van der Waals surface area contributed by atoms with E-state index in [4.69, 9.17) is 4.74 Å². The van der Waals surface area contributed by atoms with Gasteiger partial charge in [-0.2, -0.15) is 0 Å². The van der Waals surface area contributed by atoms with E-state index in [0.29, 0.717) is 11.8 Å². The highest BCUT2D eigenvalue weighted by Crippen LogP contribution is 2.22. The number of rotatable bonds is 4. The molecule has 0 aromatic heterocycles. The van der Waals surface area contributed by atoms with Crippen LogP contribution < -0.4 is 4.74 Å². The first kappa shape index (κ1) is 13.8. The van der Waals surface area contributed by atoms with E-state index < -0.39 is 4.92 Å². The van der Waals surface area contributed by atoms with Crippen LogP contribution in [-0.4, -0.2) is 35.1 Å². The van der Waals surface area contributed by atoms with Crippen LogP contribution in [-0.2, 0) is 0 Å². The Morgan fingerprint density at radius 3 is 2.32 bits per heavy atom. The summed E-state index contributed by atoms with van der Waals surface area (Å²) >= 11 is 0. The second-order valence-corrected chi connectivity index (χ2v) is 5.20. The fraction of sp³-hybridized carbons (Fsp3) is 0.571. The second kappa shape index (κ2) is 6.02. The molecule has 19 heavy (non-hydrogen) atoms. The summed E-state index contributed by atoms with van der Waals surface area (Å²) in [6, 6.07) is 6.90. The van der Waals surface area contributed by atoms with Gasteiger partial charge in [0.05, 0.1) is 4.92 Å². The first-order valence-corrected chi connectivity index (χ1v) is 6.71. The summed E-state index contributed by atoms with van der Waals surface area (Å²) in [5.41, 5.74) is 0.0991. The zero-order valence-electron chi connectivity index (χ0n) is 11.4. The molecule has 1 aliphatic rings. The monoisotopic (exact) mass is 264 g/mol. The topological polar surface area (TPSA) is 55.6 Å². The molecule has 0 amide bonds. The van der Waals surface area contributed by atoms with E-state index in [0.717, 1.165) is 25.9 Å². The zero-order valence-corrected chi connectivity index (χ0v) is 11.4. The number of benzene rings is 1. The number of hydrogen-bond acceptors (Lipinski definition) is 4. The van der Waals surface area contributed by atoms with Gasteiger partial charge in [-0.05, 0) is 38.8 Å². The van der Waals surface area contributed by atoms with Gasteiger partial charge >= 0.3 is 0 Å². The summed E-state index contributed by atoms with van der Waals surface area (Å²) in [7, 11) is 0. The van der Waals surface area contributed by atoms with Crippen molar-refractivity contribution in [3.05, 3.63) is 34.4 Å². The molecular formula is C14H20N2O3. The van der Waals surface area contributed by atoms with Crippen molar-refractivity contribution in [3.63, 3.8) is 0 Å². The Morgan fingerprint density at radius 1 is 1.26 bits per heavy atom. The van der Waals surface area contributed by atoms with Crippen LogP contribution in [0.4, 0.5) is 5.69 Å². The van der Waals surface area contributed by atoms with Crippen molar-refractivity contribution in [2.24, 2.45) is 0 Å². The number of hydrogen-bond donors (Lipinski definition) is 0. The van der Waals surface area contributed by atoms with Crippen LogP contribution >= 0.6 is 0 Å². The Hall–Kier alpha value is -1.62. The van der Waals surface area contributed by atoms with Crippen molar-refractivity contribution in [1.29, 1.82) is 0 Å². The SMILES string of the molecule is CC(C)N1CCC(Oc2ccc([N+](=O)[O-])cc2)CC1. The normalized spacial score (nSPS) is 17.6. The third-order valence-electron chi connectivity index (χ3n) is 3.56. The van der Waals surface area contributed by atoms with Crippen molar-refractivity contribution in [3.8, 4) is 5.75 Å². The summed E-state index contributed by atoms with van der Waals surface area (Å²) in [5, 5.41) is 10.6. The third-order valence-corrected chi connectivity index (χ3v) is 3.56. The van der Waals surface area contributed by atoms with E-state index >= 15 is 0 Å². The highest BCUT2D eigenvalue weighted by atomic mass is 16.6. The molecule has 1 heterocycles. The molecule has 1 saturated heterocycles. The lowest BCUT2D eigenvalue weighted by Crippen LogP contribution is -2.41.